The number of amides is 1. The maximum Gasteiger partial charge on any atom is 0.274 e. The molecular weight excluding hydrogens is 285 g/mol. The van der Waals surface area contributed by atoms with Gasteiger partial charge in [-0.05, 0) is 33.1 Å². The number of nitrogens with zero attached hydrogens (tertiary/aromatic N) is 1. The van der Waals surface area contributed by atoms with Crippen molar-refractivity contribution in [1.82, 2.24) is 5.06 Å². The topological polar surface area (TPSA) is 49.8 Å². The van der Waals surface area contributed by atoms with Gasteiger partial charge in [0.05, 0.1) is 7.11 Å². The van der Waals surface area contributed by atoms with E-state index in [1.807, 2.05) is 6.92 Å². The number of hydrogen-bond acceptors (Lipinski definition) is 3. The lowest BCUT2D eigenvalue weighted by atomic mass is 10.2. The van der Waals surface area contributed by atoms with Crippen LogP contribution in [0.25, 0.3) is 0 Å². The van der Waals surface area contributed by atoms with Crippen LogP contribution < -0.4 is 0 Å². The normalized spacial score (nSPS) is 14.1. The molecule has 76 valence electrons. The molecule has 5 heteroatoms. The molecule has 0 unspecified atom stereocenters. The van der Waals surface area contributed by atoms with Crippen molar-refractivity contribution >= 4 is 28.5 Å². The van der Waals surface area contributed by atoms with Crippen LogP contribution in [0.15, 0.2) is 9.66 Å². The minimum atomic E-state index is -1.02. The molecule has 1 amide bonds. The number of aliphatic hydroxyl groups is 1. The minimum absolute atomic E-state index is 0.321. The van der Waals surface area contributed by atoms with Crippen molar-refractivity contribution < 1.29 is 14.7 Å². The summed E-state index contributed by atoms with van der Waals surface area (Å²) in [6.07, 6.45) is 1.10. The molecule has 0 aliphatic carbocycles. The zero-order valence-corrected chi connectivity index (χ0v) is 10.1. The van der Waals surface area contributed by atoms with Crippen molar-refractivity contribution in [3.05, 3.63) is 9.66 Å². The zero-order valence-electron chi connectivity index (χ0n) is 7.95. The molecule has 1 atom stereocenters. The van der Waals surface area contributed by atoms with Gasteiger partial charge in [-0.3, -0.25) is 9.63 Å². The first-order valence-electron chi connectivity index (χ1n) is 3.81. The number of likely N-dealkylation sites (N-methyl/N-ethyl adjacent to an activating group) is 1. The van der Waals surface area contributed by atoms with Crippen LogP contribution in [0.2, 0.25) is 0 Å². The number of hydroxylamine groups is 2. The smallest absolute Gasteiger partial charge is 0.274 e. The summed E-state index contributed by atoms with van der Waals surface area (Å²) in [6.45, 7) is 1.90. The maximum absolute atomic E-state index is 11.2. The van der Waals surface area contributed by atoms with Crippen LogP contribution in [0.4, 0.5) is 0 Å². The van der Waals surface area contributed by atoms with Gasteiger partial charge in [-0.2, -0.15) is 0 Å². The SMILES string of the molecule is CON(C)C(=O)[C@@H](O)C/C=C(/C)I. The lowest BCUT2D eigenvalue weighted by molar-refractivity contribution is -0.177. The number of halogens is 1. The summed E-state index contributed by atoms with van der Waals surface area (Å²) in [5.41, 5.74) is 0. The molecule has 0 aromatic heterocycles. The molecule has 13 heavy (non-hydrogen) atoms. The summed E-state index contributed by atoms with van der Waals surface area (Å²) in [4.78, 5) is 15.8. The Hall–Kier alpha value is -0.140. The Morgan fingerprint density at radius 1 is 1.77 bits per heavy atom. The number of carbonyl (C=O) groups is 1. The second kappa shape index (κ2) is 6.33. The Kier molecular flexibility index (Phi) is 6.27. The van der Waals surface area contributed by atoms with E-state index in [1.54, 1.807) is 6.08 Å². The Morgan fingerprint density at radius 3 is 2.69 bits per heavy atom. The van der Waals surface area contributed by atoms with Gasteiger partial charge in [0.2, 0.25) is 0 Å². The Bertz CT molecular complexity index is 202. The third-order valence-corrected chi connectivity index (χ3v) is 1.93. The van der Waals surface area contributed by atoms with Crippen molar-refractivity contribution in [1.29, 1.82) is 0 Å². The monoisotopic (exact) mass is 299 g/mol. The van der Waals surface area contributed by atoms with Crippen molar-refractivity contribution in [2.24, 2.45) is 0 Å². The van der Waals surface area contributed by atoms with Crippen LogP contribution in [0.3, 0.4) is 0 Å². The van der Waals surface area contributed by atoms with Crippen molar-refractivity contribution in [2.45, 2.75) is 19.4 Å². The van der Waals surface area contributed by atoms with Gasteiger partial charge >= 0.3 is 0 Å². The summed E-state index contributed by atoms with van der Waals surface area (Å²) in [7, 11) is 2.84. The second-order valence-electron chi connectivity index (χ2n) is 2.56. The van der Waals surface area contributed by atoms with Gasteiger partial charge in [0.15, 0.2) is 0 Å². The third kappa shape index (κ3) is 5.22. The third-order valence-electron chi connectivity index (χ3n) is 1.49. The van der Waals surface area contributed by atoms with E-state index in [0.29, 0.717) is 6.42 Å². The van der Waals surface area contributed by atoms with Crippen LogP contribution in [0.1, 0.15) is 13.3 Å². The van der Waals surface area contributed by atoms with Gasteiger partial charge in [0.25, 0.3) is 5.91 Å². The predicted octanol–water partition coefficient (Wildman–Crippen LogP) is 1.10. The van der Waals surface area contributed by atoms with E-state index in [2.05, 4.69) is 27.4 Å². The number of aliphatic hydroxyl groups excluding tert-OH is 1. The Balaban J connectivity index is 4.04. The highest BCUT2D eigenvalue weighted by Crippen LogP contribution is 2.07. The molecule has 0 bridgehead atoms. The summed E-state index contributed by atoms with van der Waals surface area (Å²) in [5.74, 6) is -0.434. The van der Waals surface area contributed by atoms with Gasteiger partial charge in [-0.1, -0.05) is 6.08 Å². The highest BCUT2D eigenvalue weighted by atomic mass is 127. The van der Waals surface area contributed by atoms with Crippen molar-refractivity contribution in [3.8, 4) is 0 Å². The highest BCUT2D eigenvalue weighted by Gasteiger charge is 2.17. The van der Waals surface area contributed by atoms with Crippen LogP contribution in [0, 0.1) is 0 Å². The summed E-state index contributed by atoms with van der Waals surface area (Å²) < 4.78 is 1.05. The first kappa shape index (κ1) is 12.9. The summed E-state index contributed by atoms with van der Waals surface area (Å²) in [5, 5.41) is 10.4. The Morgan fingerprint density at radius 2 is 2.31 bits per heavy atom. The molecule has 0 saturated carbocycles. The van der Waals surface area contributed by atoms with Crippen LogP contribution >= 0.6 is 22.6 Å². The predicted molar refractivity (Wildman–Crippen MR) is 58.2 cm³/mol. The molecule has 0 saturated heterocycles. The zero-order chi connectivity index (χ0) is 10.4. The molecule has 0 heterocycles. The average Bonchev–Trinajstić information content (AvgIpc) is 2.11. The van der Waals surface area contributed by atoms with Crippen molar-refractivity contribution in [2.75, 3.05) is 14.2 Å². The van der Waals surface area contributed by atoms with Crippen LogP contribution in [0.5, 0.6) is 0 Å². The lowest BCUT2D eigenvalue weighted by Crippen LogP contribution is -2.35. The van der Waals surface area contributed by atoms with Crippen LogP contribution in [-0.4, -0.2) is 36.3 Å². The van der Waals surface area contributed by atoms with E-state index in [4.69, 9.17) is 0 Å². The molecule has 0 spiro atoms. The Labute approximate surface area is 91.6 Å². The summed E-state index contributed by atoms with van der Waals surface area (Å²) in [6, 6.07) is 0. The molecule has 0 radical (unpaired) electrons. The van der Waals surface area contributed by atoms with E-state index in [0.717, 1.165) is 8.64 Å². The first-order valence-corrected chi connectivity index (χ1v) is 4.89. The molecule has 0 rings (SSSR count). The summed E-state index contributed by atoms with van der Waals surface area (Å²) >= 11 is 2.12. The fourth-order valence-electron chi connectivity index (χ4n) is 0.675. The number of allylic oxidation sites excluding steroid dienone is 1. The molecular formula is C8H14INO3. The maximum atomic E-state index is 11.2. The molecule has 0 fully saturated rings. The van der Waals surface area contributed by atoms with E-state index in [-0.39, 0.29) is 0 Å². The first-order chi connectivity index (χ1) is 5.99. The largest absolute Gasteiger partial charge is 0.383 e. The number of carbonyl (C=O) groups excluding carboxylic acids is 1. The minimum Gasteiger partial charge on any atom is -0.383 e. The fourth-order valence-corrected chi connectivity index (χ4v) is 0.929. The van der Waals surface area contributed by atoms with E-state index >= 15 is 0 Å². The van der Waals surface area contributed by atoms with Gasteiger partial charge in [-0.15, -0.1) is 0 Å². The molecule has 4 nitrogen and oxygen atoms in total. The standard InChI is InChI=1S/C8H14INO3/c1-6(9)4-5-7(11)8(12)10(2)13-3/h4,7,11H,5H2,1-3H3/b6-4-/t7-/m0/s1. The molecule has 0 aromatic rings. The molecule has 0 aliphatic rings. The van der Waals surface area contributed by atoms with Gasteiger partial charge in [0.1, 0.15) is 6.10 Å². The second-order valence-corrected chi connectivity index (χ2v) is 4.26. The quantitative estimate of drug-likeness (QED) is 0.624. The molecule has 0 aromatic carbocycles. The number of hydrogen-bond donors (Lipinski definition) is 1. The highest BCUT2D eigenvalue weighted by molar-refractivity contribution is 14.1. The fraction of sp³-hybridized carbons (Fsp3) is 0.625. The van der Waals surface area contributed by atoms with E-state index < -0.39 is 12.0 Å². The van der Waals surface area contributed by atoms with Gasteiger partial charge < -0.3 is 5.11 Å². The van der Waals surface area contributed by atoms with Gasteiger partial charge in [-0.25, -0.2) is 5.06 Å². The van der Waals surface area contributed by atoms with E-state index in [1.165, 1.54) is 14.2 Å². The van der Waals surface area contributed by atoms with Crippen LogP contribution in [-0.2, 0) is 9.63 Å². The average molecular weight is 299 g/mol. The van der Waals surface area contributed by atoms with Crippen molar-refractivity contribution in [3.63, 3.8) is 0 Å². The van der Waals surface area contributed by atoms with E-state index in [9.17, 15) is 9.90 Å². The molecule has 1 N–H and O–H groups in total. The van der Waals surface area contributed by atoms with Gasteiger partial charge in [0, 0.05) is 13.5 Å². The number of rotatable bonds is 4. The lowest BCUT2D eigenvalue weighted by Gasteiger charge is -2.16. The molecule has 0 aliphatic heterocycles.